The predicted molar refractivity (Wildman–Crippen MR) is 97.8 cm³/mol. The average molecular weight is 371 g/mol. The first kappa shape index (κ1) is 16.7. The zero-order valence-electron chi connectivity index (χ0n) is 13.8. The maximum atomic E-state index is 15.4. The normalized spacial score (nSPS) is 14.1. The van der Waals surface area contributed by atoms with E-state index < -0.39 is 5.82 Å². The summed E-state index contributed by atoms with van der Waals surface area (Å²) in [4.78, 5) is 12.3. The fraction of sp³-hybridized carbons (Fsp3) is 0.211. The molecule has 0 unspecified atom stereocenters. The number of anilines is 1. The molecule has 0 atom stereocenters. The van der Waals surface area contributed by atoms with E-state index in [-0.39, 0.29) is 23.4 Å². The third-order valence-electron chi connectivity index (χ3n) is 4.54. The summed E-state index contributed by atoms with van der Waals surface area (Å²) in [7, 11) is 0. The van der Waals surface area contributed by atoms with Crippen LogP contribution in [0.3, 0.4) is 0 Å². The van der Waals surface area contributed by atoms with Crippen LogP contribution < -0.4 is 10.5 Å². The van der Waals surface area contributed by atoms with E-state index in [1.807, 2.05) is 6.07 Å². The summed E-state index contributed by atoms with van der Waals surface area (Å²) in [5, 5.41) is 0.323. The van der Waals surface area contributed by atoms with Gasteiger partial charge in [0, 0.05) is 17.3 Å². The minimum Gasteiger partial charge on any atom is -0.434 e. The van der Waals surface area contributed by atoms with Crippen LogP contribution in [0.15, 0.2) is 42.9 Å². The van der Waals surface area contributed by atoms with Crippen molar-refractivity contribution >= 4 is 17.4 Å². The number of aromatic nitrogens is 3. The van der Waals surface area contributed by atoms with Gasteiger partial charge in [0.25, 0.3) is 0 Å². The summed E-state index contributed by atoms with van der Waals surface area (Å²) in [6, 6.07) is 6.93. The van der Waals surface area contributed by atoms with Crippen LogP contribution in [-0.2, 0) is 0 Å². The summed E-state index contributed by atoms with van der Waals surface area (Å²) in [6.07, 6.45) is 7.53. The number of pyridine rings is 1. The number of hydrogen-bond donors (Lipinski definition) is 1. The van der Waals surface area contributed by atoms with Crippen molar-refractivity contribution in [1.82, 2.24) is 15.0 Å². The van der Waals surface area contributed by atoms with Crippen LogP contribution in [0.5, 0.6) is 11.6 Å². The molecule has 0 saturated heterocycles. The number of halogens is 2. The van der Waals surface area contributed by atoms with E-state index in [4.69, 9.17) is 22.1 Å². The Kier molecular flexibility index (Phi) is 4.42. The van der Waals surface area contributed by atoms with Crippen molar-refractivity contribution in [1.29, 1.82) is 0 Å². The van der Waals surface area contributed by atoms with Gasteiger partial charge < -0.3 is 10.5 Å². The van der Waals surface area contributed by atoms with Crippen molar-refractivity contribution in [2.24, 2.45) is 0 Å². The highest BCUT2D eigenvalue weighted by Gasteiger charge is 2.27. The molecule has 0 spiro atoms. The van der Waals surface area contributed by atoms with Gasteiger partial charge in [-0.25, -0.2) is 14.4 Å². The maximum absolute atomic E-state index is 15.4. The smallest absolute Gasteiger partial charge is 0.238 e. The molecule has 132 valence electrons. The SMILES string of the molecule is Nc1cnc(-c2ccc(C3CCC3)c(Oc3ncccc3Cl)c2F)cn1. The third-order valence-corrected chi connectivity index (χ3v) is 4.83. The summed E-state index contributed by atoms with van der Waals surface area (Å²) in [6.45, 7) is 0. The lowest BCUT2D eigenvalue weighted by molar-refractivity contribution is 0.379. The van der Waals surface area contributed by atoms with Crippen LogP contribution in [0.1, 0.15) is 30.7 Å². The average Bonchev–Trinajstić information content (AvgIpc) is 2.59. The largest absolute Gasteiger partial charge is 0.434 e. The third kappa shape index (κ3) is 3.08. The molecule has 2 aromatic heterocycles. The second-order valence-corrected chi connectivity index (χ2v) is 6.60. The highest BCUT2D eigenvalue weighted by atomic mass is 35.5. The molecule has 1 fully saturated rings. The van der Waals surface area contributed by atoms with Crippen molar-refractivity contribution in [3.05, 3.63) is 59.3 Å². The van der Waals surface area contributed by atoms with Crippen LogP contribution in [0.25, 0.3) is 11.3 Å². The first-order valence-electron chi connectivity index (χ1n) is 8.32. The Morgan fingerprint density at radius 3 is 2.62 bits per heavy atom. The number of rotatable bonds is 4. The maximum Gasteiger partial charge on any atom is 0.238 e. The van der Waals surface area contributed by atoms with Gasteiger partial charge in [0.2, 0.25) is 5.88 Å². The van der Waals surface area contributed by atoms with E-state index in [0.29, 0.717) is 16.3 Å². The Morgan fingerprint density at radius 2 is 1.96 bits per heavy atom. The Bertz CT molecular complexity index is 945. The van der Waals surface area contributed by atoms with Crippen molar-refractivity contribution in [3.8, 4) is 22.9 Å². The van der Waals surface area contributed by atoms with Gasteiger partial charge in [-0.15, -0.1) is 0 Å². The predicted octanol–water partition coefficient (Wildman–Crippen LogP) is 4.97. The second kappa shape index (κ2) is 6.88. The van der Waals surface area contributed by atoms with Crippen LogP contribution in [0, 0.1) is 5.82 Å². The molecule has 2 heterocycles. The van der Waals surface area contributed by atoms with Gasteiger partial charge in [-0.3, -0.25) is 4.98 Å². The molecule has 3 aromatic rings. The van der Waals surface area contributed by atoms with E-state index in [1.54, 1.807) is 24.4 Å². The molecule has 5 nitrogen and oxygen atoms in total. The van der Waals surface area contributed by atoms with Gasteiger partial charge in [0.1, 0.15) is 10.8 Å². The zero-order chi connectivity index (χ0) is 18.1. The highest BCUT2D eigenvalue weighted by molar-refractivity contribution is 6.31. The van der Waals surface area contributed by atoms with Crippen LogP contribution >= 0.6 is 11.6 Å². The van der Waals surface area contributed by atoms with E-state index in [9.17, 15) is 0 Å². The molecule has 0 radical (unpaired) electrons. The molecule has 2 N–H and O–H groups in total. The molecule has 0 bridgehead atoms. The van der Waals surface area contributed by atoms with E-state index >= 15 is 4.39 Å². The first-order chi connectivity index (χ1) is 12.6. The van der Waals surface area contributed by atoms with E-state index in [1.165, 1.54) is 12.4 Å². The van der Waals surface area contributed by atoms with Gasteiger partial charge >= 0.3 is 0 Å². The highest BCUT2D eigenvalue weighted by Crippen LogP contribution is 2.45. The van der Waals surface area contributed by atoms with Gasteiger partial charge in [-0.05, 0) is 37.0 Å². The van der Waals surface area contributed by atoms with Crippen LogP contribution in [-0.4, -0.2) is 15.0 Å². The first-order valence-corrected chi connectivity index (χ1v) is 8.70. The quantitative estimate of drug-likeness (QED) is 0.701. The molecule has 26 heavy (non-hydrogen) atoms. The van der Waals surface area contributed by atoms with Crippen molar-refractivity contribution in [2.45, 2.75) is 25.2 Å². The number of benzene rings is 1. The molecular formula is C19H16ClFN4O. The zero-order valence-corrected chi connectivity index (χ0v) is 14.6. The molecular weight excluding hydrogens is 355 g/mol. The summed E-state index contributed by atoms with van der Waals surface area (Å²) in [5.41, 5.74) is 7.07. The summed E-state index contributed by atoms with van der Waals surface area (Å²) >= 11 is 6.13. The van der Waals surface area contributed by atoms with E-state index in [0.717, 1.165) is 24.8 Å². The minimum absolute atomic E-state index is 0.145. The summed E-state index contributed by atoms with van der Waals surface area (Å²) in [5.74, 6) is 0.362. The number of nitrogens with two attached hydrogens (primary N) is 1. The van der Waals surface area contributed by atoms with Crippen LogP contribution in [0.4, 0.5) is 10.2 Å². The second-order valence-electron chi connectivity index (χ2n) is 6.19. The number of nitrogens with zero attached hydrogens (tertiary/aromatic N) is 3. The van der Waals surface area contributed by atoms with Gasteiger partial charge in [-0.2, -0.15) is 0 Å². The molecule has 7 heteroatoms. The Labute approximate surface area is 155 Å². The monoisotopic (exact) mass is 370 g/mol. The fourth-order valence-electron chi connectivity index (χ4n) is 2.93. The Hall–Kier alpha value is -2.73. The topological polar surface area (TPSA) is 73.9 Å². The molecule has 1 aromatic carbocycles. The van der Waals surface area contributed by atoms with Gasteiger partial charge in [-0.1, -0.05) is 24.1 Å². The van der Waals surface area contributed by atoms with E-state index in [2.05, 4.69) is 15.0 Å². The molecule has 0 aliphatic heterocycles. The standard InChI is InChI=1S/C19H16ClFN4O/c20-14-5-2-8-23-19(14)26-18-12(11-3-1-4-11)6-7-13(17(18)21)15-9-25-16(22)10-24-15/h2,5-11H,1,3-4H2,(H2,22,25). The Morgan fingerprint density at radius 1 is 1.12 bits per heavy atom. The minimum atomic E-state index is -0.504. The lowest BCUT2D eigenvalue weighted by Gasteiger charge is -2.28. The molecule has 4 rings (SSSR count). The Balaban J connectivity index is 1.81. The van der Waals surface area contributed by atoms with Crippen molar-refractivity contribution in [2.75, 3.05) is 5.73 Å². The lowest BCUT2D eigenvalue weighted by Crippen LogP contribution is -2.11. The van der Waals surface area contributed by atoms with Gasteiger partial charge in [0.15, 0.2) is 11.6 Å². The van der Waals surface area contributed by atoms with Gasteiger partial charge in [0.05, 0.1) is 18.1 Å². The molecule has 1 saturated carbocycles. The fourth-order valence-corrected chi connectivity index (χ4v) is 3.09. The molecule has 0 amide bonds. The van der Waals surface area contributed by atoms with Crippen LogP contribution in [0.2, 0.25) is 5.02 Å². The molecule has 1 aliphatic rings. The lowest BCUT2D eigenvalue weighted by atomic mass is 9.79. The van der Waals surface area contributed by atoms with Crippen molar-refractivity contribution in [3.63, 3.8) is 0 Å². The van der Waals surface area contributed by atoms with Crippen molar-refractivity contribution < 1.29 is 9.13 Å². The number of nitrogen functional groups attached to an aromatic ring is 1. The number of ether oxygens (including phenoxy) is 1. The summed E-state index contributed by atoms with van der Waals surface area (Å²) < 4.78 is 21.2. The number of hydrogen-bond acceptors (Lipinski definition) is 5. The molecule has 1 aliphatic carbocycles.